The van der Waals surface area contributed by atoms with Gasteiger partial charge in [0.05, 0.1) is 17.3 Å². The highest BCUT2D eigenvalue weighted by molar-refractivity contribution is 5.56. The third-order valence-corrected chi connectivity index (χ3v) is 5.11. The van der Waals surface area contributed by atoms with E-state index in [1.165, 1.54) is 37.0 Å². The van der Waals surface area contributed by atoms with Gasteiger partial charge in [0.25, 0.3) is 0 Å². The third-order valence-electron chi connectivity index (χ3n) is 5.11. The topological polar surface area (TPSA) is 105 Å². The van der Waals surface area contributed by atoms with E-state index in [9.17, 15) is 0 Å². The van der Waals surface area contributed by atoms with Crippen LogP contribution < -0.4 is 15.8 Å². The van der Waals surface area contributed by atoms with Crippen molar-refractivity contribution in [1.29, 1.82) is 5.26 Å². The van der Waals surface area contributed by atoms with Gasteiger partial charge in [-0.3, -0.25) is 4.90 Å². The molecule has 1 fully saturated rings. The Morgan fingerprint density at radius 1 is 1.03 bits per heavy atom. The van der Waals surface area contributed by atoms with Gasteiger partial charge in [-0.2, -0.15) is 14.9 Å². The van der Waals surface area contributed by atoms with Crippen molar-refractivity contribution in [2.24, 2.45) is 0 Å². The minimum atomic E-state index is 0.264. The minimum Gasteiger partial charge on any atom is -0.492 e. The molecule has 0 spiro atoms. The lowest BCUT2D eigenvalue weighted by molar-refractivity contribution is 0.183. The van der Waals surface area contributed by atoms with Gasteiger partial charge in [0.15, 0.2) is 0 Å². The Morgan fingerprint density at radius 3 is 2.47 bits per heavy atom. The van der Waals surface area contributed by atoms with Crippen molar-refractivity contribution in [3.63, 3.8) is 0 Å². The van der Waals surface area contributed by atoms with Crippen LogP contribution in [0, 0.1) is 11.3 Å². The zero-order valence-corrected chi connectivity index (χ0v) is 16.8. The van der Waals surface area contributed by atoms with Crippen LogP contribution in [0.4, 0.5) is 17.6 Å². The fourth-order valence-corrected chi connectivity index (χ4v) is 3.48. The second-order valence-electron chi connectivity index (χ2n) is 7.26. The molecule has 2 aromatic carbocycles. The minimum absolute atomic E-state index is 0.264. The van der Waals surface area contributed by atoms with Gasteiger partial charge >= 0.3 is 0 Å². The molecule has 3 aromatic rings. The Kier molecular flexibility index (Phi) is 6.11. The maximum absolute atomic E-state index is 8.92. The van der Waals surface area contributed by atoms with E-state index in [-0.39, 0.29) is 5.95 Å². The van der Waals surface area contributed by atoms with Crippen molar-refractivity contribution in [3.05, 3.63) is 54.1 Å². The Labute approximate surface area is 175 Å². The van der Waals surface area contributed by atoms with E-state index in [2.05, 4.69) is 26.4 Å². The van der Waals surface area contributed by atoms with Gasteiger partial charge in [-0.15, -0.1) is 5.10 Å². The van der Waals surface area contributed by atoms with Crippen molar-refractivity contribution in [2.75, 3.05) is 37.3 Å². The fraction of sp³-hybridized carbons (Fsp3) is 0.318. The molecule has 0 unspecified atom stereocenters. The van der Waals surface area contributed by atoms with Crippen molar-refractivity contribution in [3.8, 4) is 17.5 Å². The van der Waals surface area contributed by atoms with Crippen LogP contribution in [-0.4, -0.2) is 45.9 Å². The van der Waals surface area contributed by atoms with Crippen LogP contribution in [0.5, 0.6) is 5.75 Å². The SMILES string of the molecule is N#Cc1ccc(-n2nc(Nc3ccc(OCCN4CCCCC4)cc3)nc2N)cc1. The average molecular weight is 403 g/mol. The third kappa shape index (κ3) is 4.88. The summed E-state index contributed by atoms with van der Waals surface area (Å²) >= 11 is 0. The Hall–Kier alpha value is -3.57. The lowest BCUT2D eigenvalue weighted by Gasteiger charge is -2.26. The summed E-state index contributed by atoms with van der Waals surface area (Å²) in [7, 11) is 0. The number of nitrogens with one attached hydrogen (secondary N) is 1. The Balaban J connectivity index is 1.33. The number of hydrogen-bond acceptors (Lipinski definition) is 7. The number of nitrogens with zero attached hydrogens (tertiary/aromatic N) is 5. The first-order valence-corrected chi connectivity index (χ1v) is 10.2. The molecule has 4 rings (SSSR count). The lowest BCUT2D eigenvalue weighted by atomic mass is 10.1. The van der Waals surface area contributed by atoms with E-state index in [0.717, 1.165) is 23.7 Å². The van der Waals surface area contributed by atoms with Crippen molar-refractivity contribution < 1.29 is 4.74 Å². The highest BCUT2D eigenvalue weighted by Crippen LogP contribution is 2.21. The number of rotatable bonds is 7. The summed E-state index contributed by atoms with van der Waals surface area (Å²) in [6.07, 6.45) is 3.93. The number of nitrogen functional groups attached to an aromatic ring is 1. The first-order valence-electron chi connectivity index (χ1n) is 10.2. The molecule has 0 aliphatic carbocycles. The maximum Gasteiger partial charge on any atom is 0.248 e. The molecular formula is C22H25N7O. The highest BCUT2D eigenvalue weighted by Gasteiger charge is 2.11. The monoisotopic (exact) mass is 403 g/mol. The number of benzene rings is 2. The molecule has 3 N–H and O–H groups in total. The molecule has 8 heteroatoms. The number of piperidine rings is 1. The molecule has 0 saturated carbocycles. The maximum atomic E-state index is 8.92. The van der Waals surface area contributed by atoms with Crippen molar-refractivity contribution >= 4 is 17.6 Å². The number of hydrogen-bond donors (Lipinski definition) is 2. The van der Waals surface area contributed by atoms with Gasteiger partial charge in [0.1, 0.15) is 12.4 Å². The zero-order chi connectivity index (χ0) is 20.8. The largest absolute Gasteiger partial charge is 0.492 e. The van der Waals surface area contributed by atoms with Crippen LogP contribution >= 0.6 is 0 Å². The molecule has 8 nitrogen and oxygen atoms in total. The van der Waals surface area contributed by atoms with Gasteiger partial charge in [0, 0.05) is 12.2 Å². The summed E-state index contributed by atoms with van der Waals surface area (Å²) < 4.78 is 7.40. The Morgan fingerprint density at radius 2 is 1.77 bits per heavy atom. The molecule has 0 bridgehead atoms. The molecule has 1 aliphatic heterocycles. The fourth-order valence-electron chi connectivity index (χ4n) is 3.48. The second kappa shape index (κ2) is 9.29. The predicted molar refractivity (Wildman–Crippen MR) is 116 cm³/mol. The number of nitriles is 1. The Bertz CT molecular complexity index is 999. The van der Waals surface area contributed by atoms with Crippen LogP contribution in [0.25, 0.3) is 5.69 Å². The van der Waals surface area contributed by atoms with E-state index < -0.39 is 0 Å². The van der Waals surface area contributed by atoms with Gasteiger partial charge in [-0.25, -0.2) is 0 Å². The summed E-state index contributed by atoms with van der Waals surface area (Å²) in [6, 6.07) is 16.8. The quantitative estimate of drug-likeness (QED) is 0.623. The van der Waals surface area contributed by atoms with Crippen LogP contribution in [-0.2, 0) is 0 Å². The van der Waals surface area contributed by atoms with E-state index in [1.807, 2.05) is 24.3 Å². The van der Waals surface area contributed by atoms with Gasteiger partial charge in [-0.1, -0.05) is 6.42 Å². The summed E-state index contributed by atoms with van der Waals surface area (Å²) in [5.41, 5.74) is 8.16. The normalized spacial score (nSPS) is 14.2. The number of likely N-dealkylation sites (tertiary alicyclic amines) is 1. The molecule has 2 heterocycles. The molecule has 0 atom stereocenters. The van der Waals surface area contributed by atoms with Crippen LogP contribution in [0.15, 0.2) is 48.5 Å². The molecule has 0 radical (unpaired) electrons. The smallest absolute Gasteiger partial charge is 0.248 e. The van der Waals surface area contributed by atoms with E-state index >= 15 is 0 Å². The van der Waals surface area contributed by atoms with Crippen LogP contribution in [0.1, 0.15) is 24.8 Å². The van der Waals surface area contributed by atoms with E-state index in [1.54, 1.807) is 24.3 Å². The summed E-state index contributed by atoms with van der Waals surface area (Å²) in [4.78, 5) is 6.72. The second-order valence-corrected chi connectivity index (χ2v) is 7.26. The standard InChI is InChI=1S/C22H25N7O/c23-16-17-4-8-19(9-5-17)29-21(24)26-22(27-29)25-18-6-10-20(11-7-18)30-15-14-28-12-2-1-3-13-28/h4-11H,1-3,12-15H2,(H3,24,25,26,27). The van der Waals surface area contributed by atoms with Crippen molar-refractivity contribution in [2.45, 2.75) is 19.3 Å². The van der Waals surface area contributed by atoms with Crippen molar-refractivity contribution in [1.82, 2.24) is 19.7 Å². The molecular weight excluding hydrogens is 378 g/mol. The van der Waals surface area contributed by atoms with E-state index in [4.69, 9.17) is 15.7 Å². The molecule has 1 aliphatic rings. The number of aromatic nitrogens is 3. The van der Waals surface area contributed by atoms with Gasteiger partial charge < -0.3 is 15.8 Å². The predicted octanol–water partition coefficient (Wildman–Crippen LogP) is 3.33. The first kappa shape index (κ1) is 19.7. The zero-order valence-electron chi connectivity index (χ0n) is 16.8. The summed E-state index contributed by atoms with van der Waals surface area (Å²) in [5.74, 6) is 1.50. The summed E-state index contributed by atoms with van der Waals surface area (Å²) in [6.45, 7) is 4.02. The van der Waals surface area contributed by atoms with Gasteiger partial charge in [-0.05, 0) is 74.5 Å². The highest BCUT2D eigenvalue weighted by atomic mass is 16.5. The summed E-state index contributed by atoms with van der Waals surface area (Å²) in [5, 5.41) is 16.5. The average Bonchev–Trinajstić information content (AvgIpc) is 3.15. The van der Waals surface area contributed by atoms with E-state index in [0.29, 0.717) is 18.1 Å². The molecule has 30 heavy (non-hydrogen) atoms. The van der Waals surface area contributed by atoms with Gasteiger partial charge in [0.2, 0.25) is 11.9 Å². The van der Waals surface area contributed by atoms with Crippen LogP contribution in [0.3, 0.4) is 0 Å². The molecule has 0 amide bonds. The van der Waals surface area contributed by atoms with Crippen LogP contribution in [0.2, 0.25) is 0 Å². The number of ether oxygens (including phenoxy) is 1. The lowest BCUT2D eigenvalue weighted by Crippen LogP contribution is -2.33. The number of nitrogens with two attached hydrogens (primary N) is 1. The number of anilines is 3. The molecule has 154 valence electrons. The molecule has 1 aromatic heterocycles. The molecule has 1 saturated heterocycles. The first-order chi connectivity index (χ1) is 14.7.